The van der Waals surface area contributed by atoms with Crippen LogP contribution in [0, 0.1) is 6.92 Å². The van der Waals surface area contributed by atoms with Gasteiger partial charge in [-0.25, -0.2) is 0 Å². The minimum absolute atomic E-state index is 0.232. The summed E-state index contributed by atoms with van der Waals surface area (Å²) in [6.45, 7) is 6.66. The second-order valence-electron chi connectivity index (χ2n) is 9.28. The predicted molar refractivity (Wildman–Crippen MR) is 130 cm³/mol. The highest BCUT2D eigenvalue weighted by atomic mass is 19.4. The molecule has 2 aromatic carbocycles. The summed E-state index contributed by atoms with van der Waals surface area (Å²) in [6, 6.07) is 15.9. The van der Waals surface area contributed by atoms with Gasteiger partial charge in [0.25, 0.3) is 5.91 Å². The van der Waals surface area contributed by atoms with Crippen molar-refractivity contribution in [3.8, 4) is 5.75 Å². The third kappa shape index (κ3) is 5.99. The Morgan fingerprint density at radius 1 is 1.06 bits per heavy atom. The highest BCUT2D eigenvalue weighted by Crippen LogP contribution is 2.29. The summed E-state index contributed by atoms with van der Waals surface area (Å²) in [5.41, 5.74) is 3.70. The van der Waals surface area contributed by atoms with Gasteiger partial charge in [0.1, 0.15) is 5.75 Å². The number of halogens is 3. The molecule has 1 N–H and O–H groups in total. The molecule has 2 fully saturated rings. The predicted octanol–water partition coefficient (Wildman–Crippen LogP) is 4.68. The highest BCUT2D eigenvalue weighted by Gasteiger charge is 2.32. The van der Waals surface area contributed by atoms with Crippen LogP contribution in [-0.4, -0.2) is 59.2 Å². The normalized spacial score (nSPS) is 16.7. The number of nitrogens with one attached hydrogen (secondary N) is 1. The van der Waals surface area contributed by atoms with Gasteiger partial charge in [-0.2, -0.15) is 5.10 Å². The Balaban J connectivity index is 1.20. The minimum Gasteiger partial charge on any atom is -0.406 e. The van der Waals surface area contributed by atoms with Crippen LogP contribution in [0.2, 0.25) is 0 Å². The van der Waals surface area contributed by atoms with Crippen LogP contribution >= 0.6 is 0 Å². The molecule has 0 radical (unpaired) electrons. The van der Waals surface area contributed by atoms with E-state index in [2.05, 4.69) is 49.2 Å². The summed E-state index contributed by atoms with van der Waals surface area (Å²) in [6.07, 6.45) is -2.09. The molecule has 0 atom stereocenters. The number of amides is 1. The smallest absolute Gasteiger partial charge is 0.406 e. The number of carbonyl (C=O) groups is 1. The maximum absolute atomic E-state index is 12.7. The fourth-order valence-corrected chi connectivity index (χ4v) is 4.53. The van der Waals surface area contributed by atoms with Crippen LogP contribution in [-0.2, 0) is 6.54 Å². The molecule has 1 aliphatic heterocycles. The van der Waals surface area contributed by atoms with Crippen LogP contribution in [0.4, 0.5) is 24.5 Å². The molecule has 5 rings (SSSR count). The summed E-state index contributed by atoms with van der Waals surface area (Å²) in [5.74, 6) is -0.795. The van der Waals surface area contributed by atoms with Gasteiger partial charge in [0, 0.05) is 49.3 Å². The third-order valence-corrected chi connectivity index (χ3v) is 6.55. The largest absolute Gasteiger partial charge is 0.573 e. The van der Waals surface area contributed by atoms with Crippen molar-refractivity contribution in [1.82, 2.24) is 14.7 Å². The molecule has 0 spiro atoms. The lowest BCUT2D eigenvalue weighted by Gasteiger charge is -2.36. The highest BCUT2D eigenvalue weighted by molar-refractivity contribution is 6.02. The van der Waals surface area contributed by atoms with E-state index >= 15 is 0 Å². The van der Waals surface area contributed by atoms with E-state index in [0.717, 1.165) is 55.6 Å². The first-order valence-electron chi connectivity index (χ1n) is 12.0. The number of hydrogen-bond acceptors (Lipinski definition) is 5. The summed E-state index contributed by atoms with van der Waals surface area (Å²) < 4.78 is 42.6. The maximum atomic E-state index is 12.7. The Hall–Kier alpha value is -3.53. The molecular formula is C26H28F3N5O2. The van der Waals surface area contributed by atoms with Crippen LogP contribution in [0.25, 0.3) is 0 Å². The van der Waals surface area contributed by atoms with Gasteiger partial charge in [-0.15, -0.1) is 13.2 Å². The van der Waals surface area contributed by atoms with Crippen LogP contribution in [0.3, 0.4) is 0 Å². The lowest BCUT2D eigenvalue weighted by molar-refractivity contribution is -0.274. The molecule has 7 nitrogen and oxygen atoms in total. The number of carbonyl (C=O) groups excluding carboxylic acids is 1. The quantitative estimate of drug-likeness (QED) is 0.512. The van der Waals surface area contributed by atoms with Gasteiger partial charge in [-0.05, 0) is 67.8 Å². The zero-order valence-electron chi connectivity index (χ0n) is 20.0. The molecule has 0 bridgehead atoms. The average molecular weight is 500 g/mol. The zero-order chi connectivity index (χ0) is 25.3. The SMILES string of the molecule is Cc1cc(C(=O)Nc2ccc(OC(F)(F)F)cc2)nn1Cc1cccc(N2CCN(C3CC3)CC2)c1. The van der Waals surface area contributed by atoms with Crippen molar-refractivity contribution >= 4 is 17.3 Å². The number of ether oxygens (including phenoxy) is 1. The molecule has 36 heavy (non-hydrogen) atoms. The number of hydrogen-bond donors (Lipinski definition) is 1. The van der Waals surface area contributed by atoms with Gasteiger partial charge in [0.2, 0.25) is 0 Å². The van der Waals surface area contributed by atoms with E-state index in [1.54, 1.807) is 10.7 Å². The van der Waals surface area contributed by atoms with Crippen molar-refractivity contribution in [2.24, 2.45) is 0 Å². The van der Waals surface area contributed by atoms with Gasteiger partial charge in [0.15, 0.2) is 5.69 Å². The second kappa shape index (κ2) is 9.85. The van der Waals surface area contributed by atoms with Crippen LogP contribution < -0.4 is 15.0 Å². The molecule has 1 saturated heterocycles. The third-order valence-electron chi connectivity index (χ3n) is 6.55. The molecule has 190 valence electrons. The summed E-state index contributed by atoms with van der Waals surface area (Å²) >= 11 is 0. The monoisotopic (exact) mass is 499 g/mol. The molecule has 1 aromatic heterocycles. The molecule has 2 heterocycles. The number of anilines is 2. The molecule has 1 saturated carbocycles. The number of alkyl halides is 3. The molecule has 1 amide bonds. The second-order valence-corrected chi connectivity index (χ2v) is 9.28. The first-order valence-corrected chi connectivity index (χ1v) is 12.0. The van der Waals surface area contributed by atoms with E-state index in [4.69, 9.17) is 0 Å². The summed E-state index contributed by atoms with van der Waals surface area (Å²) in [4.78, 5) is 17.7. The van der Waals surface area contributed by atoms with E-state index < -0.39 is 12.3 Å². The van der Waals surface area contributed by atoms with Crippen molar-refractivity contribution < 1.29 is 22.7 Å². The maximum Gasteiger partial charge on any atom is 0.573 e. The number of aromatic nitrogens is 2. The van der Waals surface area contributed by atoms with Crippen LogP contribution in [0.15, 0.2) is 54.6 Å². The van der Waals surface area contributed by atoms with Crippen molar-refractivity contribution in [2.45, 2.75) is 38.7 Å². The first kappa shape index (κ1) is 24.2. The Morgan fingerprint density at radius 3 is 2.44 bits per heavy atom. The van der Waals surface area contributed by atoms with E-state index in [1.807, 2.05) is 6.92 Å². The number of nitrogens with zero attached hydrogens (tertiary/aromatic N) is 4. The van der Waals surface area contributed by atoms with Crippen LogP contribution in [0.5, 0.6) is 5.75 Å². The van der Waals surface area contributed by atoms with Crippen molar-refractivity contribution in [2.75, 3.05) is 36.4 Å². The van der Waals surface area contributed by atoms with Crippen LogP contribution in [0.1, 0.15) is 34.6 Å². The Labute approximate surface area is 207 Å². The van der Waals surface area contributed by atoms with Crippen molar-refractivity contribution in [1.29, 1.82) is 0 Å². The van der Waals surface area contributed by atoms with E-state index in [9.17, 15) is 18.0 Å². The fourth-order valence-electron chi connectivity index (χ4n) is 4.53. The Kier molecular flexibility index (Phi) is 6.61. The lowest BCUT2D eigenvalue weighted by Crippen LogP contribution is -2.47. The summed E-state index contributed by atoms with van der Waals surface area (Å²) in [7, 11) is 0. The van der Waals surface area contributed by atoms with E-state index in [1.165, 1.54) is 30.7 Å². The average Bonchev–Trinajstić information content (AvgIpc) is 3.63. The summed E-state index contributed by atoms with van der Waals surface area (Å²) in [5, 5.41) is 7.11. The first-order chi connectivity index (χ1) is 17.2. The number of benzene rings is 2. The minimum atomic E-state index is -4.76. The number of piperazine rings is 1. The van der Waals surface area contributed by atoms with Gasteiger partial charge >= 0.3 is 6.36 Å². The van der Waals surface area contributed by atoms with E-state index in [-0.39, 0.29) is 11.4 Å². The standard InChI is InChI=1S/C26H28F3N5O2/c1-18-15-24(25(35)30-20-5-9-23(10-6-20)36-26(27,28)29)31-34(18)17-19-3-2-4-22(16-19)33-13-11-32(12-14-33)21-7-8-21/h2-6,9-10,15-16,21H,7-8,11-14,17H2,1H3,(H,30,35). The van der Waals surface area contributed by atoms with Crippen molar-refractivity contribution in [3.63, 3.8) is 0 Å². The molecular weight excluding hydrogens is 471 g/mol. The molecule has 10 heteroatoms. The fraction of sp³-hybridized carbons (Fsp3) is 0.385. The van der Waals surface area contributed by atoms with Gasteiger partial charge in [-0.1, -0.05) is 12.1 Å². The number of aryl methyl sites for hydroxylation is 1. The molecule has 0 unspecified atom stereocenters. The van der Waals surface area contributed by atoms with Gasteiger partial charge < -0.3 is 15.0 Å². The Morgan fingerprint density at radius 2 is 1.78 bits per heavy atom. The topological polar surface area (TPSA) is 62.6 Å². The molecule has 1 aliphatic carbocycles. The number of rotatable bonds is 7. The molecule has 3 aromatic rings. The Bertz CT molecular complexity index is 1210. The zero-order valence-corrected chi connectivity index (χ0v) is 20.0. The van der Waals surface area contributed by atoms with E-state index in [0.29, 0.717) is 12.2 Å². The van der Waals surface area contributed by atoms with Crippen molar-refractivity contribution in [3.05, 3.63) is 71.5 Å². The van der Waals surface area contributed by atoms with Gasteiger partial charge in [-0.3, -0.25) is 14.4 Å². The van der Waals surface area contributed by atoms with Gasteiger partial charge in [0.05, 0.1) is 6.54 Å². The molecule has 2 aliphatic rings. The lowest BCUT2D eigenvalue weighted by atomic mass is 10.1.